The van der Waals surface area contributed by atoms with E-state index in [2.05, 4.69) is 47.1 Å². The van der Waals surface area contributed by atoms with Crippen molar-refractivity contribution in [2.45, 2.75) is 64.0 Å². The molecule has 2 rings (SSSR count). The van der Waals surface area contributed by atoms with Crippen molar-refractivity contribution in [3.05, 3.63) is 15.0 Å². The first-order valence-corrected chi connectivity index (χ1v) is 8.73. The summed E-state index contributed by atoms with van der Waals surface area (Å²) in [6.07, 6.45) is 3.58. The fraction of sp³-hybridized carbons (Fsp3) is 0.714. The number of amides is 1. The second-order valence-electron chi connectivity index (χ2n) is 6.42. The lowest BCUT2D eigenvalue weighted by Crippen LogP contribution is -2.40. The quantitative estimate of drug-likeness (QED) is 0.737. The molecule has 0 unspecified atom stereocenters. The molecule has 0 aromatic carbocycles. The summed E-state index contributed by atoms with van der Waals surface area (Å²) in [5, 5.41) is 2.95. The largest absolute Gasteiger partial charge is 0.444 e. The predicted molar refractivity (Wildman–Crippen MR) is 88.4 cm³/mol. The number of hydrogen-bond donors (Lipinski definition) is 2. The summed E-state index contributed by atoms with van der Waals surface area (Å²) in [5.41, 5.74) is -0.450. The first-order valence-electron chi connectivity index (χ1n) is 7.15. The average molecular weight is 423 g/mol. The van der Waals surface area contributed by atoms with E-state index < -0.39 is 5.60 Å². The van der Waals surface area contributed by atoms with Gasteiger partial charge in [0.2, 0.25) is 0 Å². The molecule has 0 radical (unpaired) electrons. The summed E-state index contributed by atoms with van der Waals surface area (Å²) < 4.78 is 6.98. The van der Waals surface area contributed by atoms with Gasteiger partial charge in [-0.3, -0.25) is 0 Å². The van der Waals surface area contributed by atoms with E-state index in [4.69, 9.17) is 4.74 Å². The minimum Gasteiger partial charge on any atom is -0.444 e. The molecule has 1 amide bonds. The third-order valence-corrected chi connectivity index (χ3v) is 5.15. The van der Waals surface area contributed by atoms with Gasteiger partial charge in [-0.1, -0.05) is 0 Å². The molecule has 1 aliphatic rings. The molecule has 1 heterocycles. The maximum absolute atomic E-state index is 11.8. The predicted octanol–water partition coefficient (Wildman–Crippen LogP) is 4.49. The number of ether oxygens (including phenoxy) is 1. The third-order valence-electron chi connectivity index (χ3n) is 3.47. The van der Waals surface area contributed by atoms with Gasteiger partial charge < -0.3 is 15.0 Å². The Morgan fingerprint density at radius 3 is 2.38 bits per heavy atom. The van der Waals surface area contributed by atoms with Crippen LogP contribution in [0.3, 0.4) is 0 Å². The van der Waals surface area contributed by atoms with E-state index in [0.717, 1.165) is 40.7 Å². The van der Waals surface area contributed by atoms with Crippen LogP contribution in [0.5, 0.6) is 0 Å². The van der Waals surface area contributed by atoms with Gasteiger partial charge in [0.1, 0.15) is 20.6 Å². The number of hydrogen-bond acceptors (Lipinski definition) is 3. The molecule has 2 N–H and O–H groups in total. The van der Waals surface area contributed by atoms with Crippen molar-refractivity contribution in [1.82, 2.24) is 15.3 Å². The summed E-state index contributed by atoms with van der Waals surface area (Å²) in [5.74, 6) is 1.42. The van der Waals surface area contributed by atoms with Crippen LogP contribution in [0.4, 0.5) is 4.79 Å². The lowest BCUT2D eigenvalue weighted by Gasteiger charge is -2.29. The van der Waals surface area contributed by atoms with Crippen LogP contribution in [-0.2, 0) is 4.74 Å². The van der Waals surface area contributed by atoms with Crippen molar-refractivity contribution >= 4 is 38.0 Å². The average Bonchev–Trinajstić information content (AvgIpc) is 2.68. The Hall–Kier alpha value is -0.560. The number of halogens is 2. The minimum absolute atomic E-state index is 0.193. The van der Waals surface area contributed by atoms with Crippen LogP contribution in [0.15, 0.2) is 9.21 Å². The molecule has 1 aromatic rings. The van der Waals surface area contributed by atoms with Crippen molar-refractivity contribution < 1.29 is 9.53 Å². The van der Waals surface area contributed by atoms with Gasteiger partial charge in [-0.2, -0.15) is 0 Å². The number of nitrogens with one attached hydrogen (secondary N) is 2. The summed E-state index contributed by atoms with van der Waals surface area (Å²) in [4.78, 5) is 19.5. The van der Waals surface area contributed by atoms with Gasteiger partial charge in [0, 0.05) is 12.0 Å². The fourth-order valence-electron chi connectivity index (χ4n) is 2.53. The standard InChI is InChI=1S/C14H21Br2N3O2/c1-14(2,3)21-13(20)17-9-6-4-8(5-7-9)12-18-10(15)11(16)19-12/h8-9H,4-7H2,1-3H3,(H,17,20)(H,18,19). The Kier molecular flexibility index (Phi) is 5.35. The second-order valence-corrected chi connectivity index (χ2v) is 7.97. The summed E-state index contributed by atoms with van der Waals surface area (Å²) in [6, 6.07) is 0.193. The lowest BCUT2D eigenvalue weighted by molar-refractivity contribution is 0.0491. The molecule has 1 fully saturated rings. The van der Waals surface area contributed by atoms with Gasteiger partial charge in [0.15, 0.2) is 0 Å². The first kappa shape index (κ1) is 16.8. The zero-order valence-corrected chi connectivity index (χ0v) is 15.7. The van der Waals surface area contributed by atoms with Crippen LogP contribution in [0, 0.1) is 0 Å². The van der Waals surface area contributed by atoms with Crippen molar-refractivity contribution in [3.63, 3.8) is 0 Å². The molecule has 7 heteroatoms. The molecule has 5 nitrogen and oxygen atoms in total. The van der Waals surface area contributed by atoms with Gasteiger partial charge >= 0.3 is 6.09 Å². The van der Waals surface area contributed by atoms with E-state index >= 15 is 0 Å². The molecular weight excluding hydrogens is 402 g/mol. The van der Waals surface area contributed by atoms with E-state index in [0.29, 0.717) is 5.92 Å². The molecule has 21 heavy (non-hydrogen) atoms. The fourth-order valence-corrected chi connectivity index (χ4v) is 3.11. The van der Waals surface area contributed by atoms with Crippen LogP contribution in [0.2, 0.25) is 0 Å². The molecule has 0 aliphatic heterocycles. The smallest absolute Gasteiger partial charge is 0.407 e. The topological polar surface area (TPSA) is 67.0 Å². The second kappa shape index (κ2) is 6.69. The maximum atomic E-state index is 11.8. The number of carbonyl (C=O) groups is 1. The first-order chi connectivity index (χ1) is 9.74. The maximum Gasteiger partial charge on any atom is 0.407 e. The molecular formula is C14H21Br2N3O2. The van der Waals surface area contributed by atoms with Crippen LogP contribution in [0.1, 0.15) is 58.2 Å². The SMILES string of the molecule is CC(C)(C)OC(=O)NC1CCC(c2nc(Br)c(Br)[nH]2)CC1. The van der Waals surface area contributed by atoms with Crippen molar-refractivity contribution in [2.24, 2.45) is 0 Å². The zero-order valence-electron chi connectivity index (χ0n) is 12.5. The number of carbonyl (C=O) groups excluding carboxylic acids is 1. The Morgan fingerprint density at radius 1 is 1.29 bits per heavy atom. The van der Waals surface area contributed by atoms with Crippen LogP contribution in [-0.4, -0.2) is 27.7 Å². The van der Waals surface area contributed by atoms with Gasteiger partial charge in [-0.15, -0.1) is 0 Å². The van der Waals surface area contributed by atoms with E-state index in [1.165, 1.54) is 0 Å². The summed E-state index contributed by atoms with van der Waals surface area (Å²) >= 11 is 6.81. The van der Waals surface area contributed by atoms with Crippen molar-refractivity contribution in [2.75, 3.05) is 0 Å². The molecule has 1 saturated carbocycles. The monoisotopic (exact) mass is 421 g/mol. The van der Waals surface area contributed by atoms with Crippen molar-refractivity contribution in [1.29, 1.82) is 0 Å². The highest BCUT2D eigenvalue weighted by Gasteiger charge is 2.27. The summed E-state index contributed by atoms with van der Waals surface area (Å²) in [7, 11) is 0. The number of rotatable bonds is 2. The number of H-pyrrole nitrogens is 1. The molecule has 1 aromatic heterocycles. The molecule has 0 spiro atoms. The molecule has 1 aliphatic carbocycles. The van der Waals surface area contributed by atoms with Gasteiger partial charge in [-0.05, 0) is 78.3 Å². The Bertz CT molecular complexity index is 483. The van der Waals surface area contributed by atoms with Crippen LogP contribution >= 0.6 is 31.9 Å². The Morgan fingerprint density at radius 2 is 1.90 bits per heavy atom. The van der Waals surface area contributed by atoms with E-state index in [9.17, 15) is 4.79 Å². The summed E-state index contributed by atoms with van der Waals surface area (Å²) in [6.45, 7) is 5.61. The highest BCUT2D eigenvalue weighted by Crippen LogP contribution is 2.33. The molecule has 0 bridgehead atoms. The molecule has 118 valence electrons. The van der Waals surface area contributed by atoms with E-state index in [1.807, 2.05) is 20.8 Å². The van der Waals surface area contributed by atoms with Crippen LogP contribution in [0.25, 0.3) is 0 Å². The molecule has 0 atom stereocenters. The Balaban J connectivity index is 1.82. The number of alkyl carbamates (subject to hydrolysis) is 1. The zero-order chi connectivity index (χ0) is 15.6. The highest BCUT2D eigenvalue weighted by molar-refractivity contribution is 9.13. The lowest BCUT2D eigenvalue weighted by atomic mass is 9.85. The van der Waals surface area contributed by atoms with Gasteiger partial charge in [0.05, 0.1) is 0 Å². The normalized spacial score (nSPS) is 22.9. The van der Waals surface area contributed by atoms with Gasteiger partial charge in [-0.25, -0.2) is 9.78 Å². The third kappa shape index (κ3) is 4.98. The van der Waals surface area contributed by atoms with Crippen molar-refractivity contribution in [3.8, 4) is 0 Å². The van der Waals surface area contributed by atoms with Crippen LogP contribution < -0.4 is 5.32 Å². The number of aromatic amines is 1. The minimum atomic E-state index is -0.450. The van der Waals surface area contributed by atoms with E-state index in [1.54, 1.807) is 0 Å². The number of imidazole rings is 1. The van der Waals surface area contributed by atoms with Gasteiger partial charge in [0.25, 0.3) is 0 Å². The number of aromatic nitrogens is 2. The highest BCUT2D eigenvalue weighted by atomic mass is 79.9. The van der Waals surface area contributed by atoms with E-state index in [-0.39, 0.29) is 12.1 Å². The number of nitrogens with zero attached hydrogens (tertiary/aromatic N) is 1. The molecule has 0 saturated heterocycles. The Labute approximate surface area is 141 Å².